The van der Waals surface area contributed by atoms with E-state index in [9.17, 15) is 17.9 Å². The summed E-state index contributed by atoms with van der Waals surface area (Å²) in [5, 5.41) is 9.37. The average Bonchev–Trinajstić information content (AvgIpc) is 2.45. The number of aliphatic hydroxyl groups is 1. The Kier molecular flexibility index (Phi) is 5.10. The van der Waals surface area contributed by atoms with Crippen LogP contribution in [0.15, 0.2) is 57.9 Å². The third-order valence-corrected chi connectivity index (χ3v) is 4.86. The van der Waals surface area contributed by atoms with Gasteiger partial charge in [-0.2, -0.15) is 0 Å². The van der Waals surface area contributed by atoms with Crippen LogP contribution in [0.5, 0.6) is 0 Å². The fourth-order valence-corrected chi connectivity index (χ4v) is 3.45. The van der Waals surface area contributed by atoms with Crippen molar-refractivity contribution in [3.05, 3.63) is 64.4 Å². The van der Waals surface area contributed by atoms with Gasteiger partial charge in [0.1, 0.15) is 10.7 Å². The second-order valence-corrected chi connectivity index (χ2v) is 6.94. The van der Waals surface area contributed by atoms with E-state index in [1.54, 1.807) is 30.3 Å². The molecule has 0 aromatic heterocycles. The molecule has 0 aliphatic carbocycles. The van der Waals surface area contributed by atoms with Crippen LogP contribution in [0.2, 0.25) is 0 Å². The van der Waals surface area contributed by atoms with Crippen LogP contribution in [0.25, 0.3) is 0 Å². The van der Waals surface area contributed by atoms with Crippen molar-refractivity contribution in [2.24, 2.45) is 0 Å². The Morgan fingerprint density at radius 3 is 2.43 bits per heavy atom. The molecule has 2 N–H and O–H groups in total. The van der Waals surface area contributed by atoms with Crippen molar-refractivity contribution in [3.8, 4) is 0 Å². The molecule has 0 bridgehead atoms. The molecular formula is C14H13BrFNO3S. The van der Waals surface area contributed by atoms with Gasteiger partial charge >= 0.3 is 0 Å². The third-order valence-electron chi connectivity index (χ3n) is 2.87. The first kappa shape index (κ1) is 16.1. The summed E-state index contributed by atoms with van der Waals surface area (Å²) in [5.41, 5.74) is 0.598. The lowest BCUT2D eigenvalue weighted by atomic mass is 10.1. The Bertz CT molecular complexity index is 722. The summed E-state index contributed by atoms with van der Waals surface area (Å²) >= 11 is 3.07. The molecule has 0 saturated carbocycles. The molecule has 0 fully saturated rings. The molecule has 0 saturated heterocycles. The SMILES string of the molecule is O=S(=O)(N[C@@H](CO)c1ccccc1)c1ccc(Br)cc1F. The van der Waals surface area contributed by atoms with Crippen molar-refractivity contribution in [3.63, 3.8) is 0 Å². The van der Waals surface area contributed by atoms with E-state index in [0.29, 0.717) is 10.0 Å². The summed E-state index contributed by atoms with van der Waals surface area (Å²) in [6.07, 6.45) is 0. The lowest BCUT2D eigenvalue weighted by molar-refractivity contribution is 0.258. The van der Waals surface area contributed by atoms with Crippen molar-refractivity contribution >= 4 is 26.0 Å². The zero-order valence-corrected chi connectivity index (χ0v) is 13.2. The maximum atomic E-state index is 13.8. The summed E-state index contributed by atoms with van der Waals surface area (Å²) in [6.45, 7) is -0.429. The van der Waals surface area contributed by atoms with Gasteiger partial charge in [-0.1, -0.05) is 46.3 Å². The molecule has 2 aromatic carbocycles. The Morgan fingerprint density at radius 1 is 1.19 bits per heavy atom. The van der Waals surface area contributed by atoms with Crippen LogP contribution < -0.4 is 4.72 Å². The van der Waals surface area contributed by atoms with E-state index >= 15 is 0 Å². The molecule has 0 radical (unpaired) electrons. The standard InChI is InChI=1S/C14H13BrFNO3S/c15-11-6-7-14(12(16)8-11)21(19,20)17-13(9-18)10-4-2-1-3-5-10/h1-8,13,17-18H,9H2/t13-/m0/s1. The highest BCUT2D eigenvalue weighted by Crippen LogP contribution is 2.22. The van der Waals surface area contributed by atoms with Gasteiger partial charge in [0.15, 0.2) is 0 Å². The molecule has 21 heavy (non-hydrogen) atoms. The highest BCUT2D eigenvalue weighted by molar-refractivity contribution is 9.10. The molecule has 7 heteroatoms. The molecule has 0 unspecified atom stereocenters. The molecule has 112 valence electrons. The van der Waals surface area contributed by atoms with Gasteiger partial charge in [-0.15, -0.1) is 0 Å². The maximum Gasteiger partial charge on any atom is 0.244 e. The Balaban J connectivity index is 2.32. The van der Waals surface area contributed by atoms with E-state index in [0.717, 1.165) is 6.07 Å². The summed E-state index contributed by atoms with van der Waals surface area (Å²) in [5.74, 6) is -0.860. The van der Waals surface area contributed by atoms with Gasteiger partial charge in [-0.3, -0.25) is 0 Å². The van der Waals surface area contributed by atoms with Crippen molar-refractivity contribution in [2.45, 2.75) is 10.9 Å². The summed E-state index contributed by atoms with van der Waals surface area (Å²) in [6, 6.07) is 11.4. The third kappa shape index (κ3) is 3.88. The van der Waals surface area contributed by atoms with Crippen molar-refractivity contribution in [2.75, 3.05) is 6.61 Å². The molecular weight excluding hydrogens is 361 g/mol. The largest absolute Gasteiger partial charge is 0.394 e. The fraction of sp³-hybridized carbons (Fsp3) is 0.143. The van der Waals surface area contributed by atoms with E-state index in [1.807, 2.05) is 0 Å². The minimum absolute atomic E-state index is 0.429. The first-order chi connectivity index (χ1) is 9.94. The molecule has 0 spiro atoms. The molecule has 0 heterocycles. The summed E-state index contributed by atoms with van der Waals surface area (Å²) in [4.78, 5) is -0.458. The normalized spacial score (nSPS) is 13.1. The van der Waals surface area contributed by atoms with Crippen LogP contribution in [-0.4, -0.2) is 20.1 Å². The predicted octanol–water partition coefficient (Wildman–Crippen LogP) is 2.60. The zero-order valence-electron chi connectivity index (χ0n) is 10.8. The quantitative estimate of drug-likeness (QED) is 0.846. The van der Waals surface area contributed by atoms with Crippen molar-refractivity contribution in [1.29, 1.82) is 0 Å². The summed E-state index contributed by atoms with van der Waals surface area (Å²) in [7, 11) is -4.07. The zero-order chi connectivity index (χ0) is 15.5. The minimum Gasteiger partial charge on any atom is -0.394 e. The van der Waals surface area contributed by atoms with Crippen LogP contribution in [0, 0.1) is 5.82 Å². The van der Waals surface area contributed by atoms with Gasteiger partial charge in [-0.05, 0) is 23.8 Å². The van der Waals surface area contributed by atoms with Crippen LogP contribution >= 0.6 is 15.9 Å². The first-order valence-electron chi connectivity index (χ1n) is 6.07. The first-order valence-corrected chi connectivity index (χ1v) is 8.35. The second-order valence-electron chi connectivity index (χ2n) is 4.34. The van der Waals surface area contributed by atoms with Crippen LogP contribution in [-0.2, 0) is 10.0 Å². The smallest absolute Gasteiger partial charge is 0.244 e. The van der Waals surface area contributed by atoms with E-state index in [-0.39, 0.29) is 0 Å². The molecule has 4 nitrogen and oxygen atoms in total. The fourth-order valence-electron chi connectivity index (χ4n) is 1.84. The Hall–Kier alpha value is -1.28. The Labute approximate surface area is 130 Å². The maximum absolute atomic E-state index is 13.8. The average molecular weight is 374 g/mol. The number of rotatable bonds is 5. The number of benzene rings is 2. The highest BCUT2D eigenvalue weighted by atomic mass is 79.9. The monoisotopic (exact) mass is 373 g/mol. The van der Waals surface area contributed by atoms with Gasteiger partial charge in [0.2, 0.25) is 10.0 Å². The van der Waals surface area contributed by atoms with Crippen LogP contribution in [0.3, 0.4) is 0 Å². The number of nitrogens with one attached hydrogen (secondary N) is 1. The van der Waals surface area contributed by atoms with E-state index in [4.69, 9.17) is 0 Å². The molecule has 2 rings (SSSR count). The predicted molar refractivity (Wildman–Crippen MR) is 80.7 cm³/mol. The number of hydrogen-bond donors (Lipinski definition) is 2. The van der Waals surface area contributed by atoms with E-state index in [1.165, 1.54) is 12.1 Å². The van der Waals surface area contributed by atoms with Gasteiger partial charge in [0.05, 0.1) is 12.6 Å². The molecule has 0 aliphatic rings. The van der Waals surface area contributed by atoms with Gasteiger partial charge in [0, 0.05) is 4.47 Å². The van der Waals surface area contributed by atoms with E-state index < -0.39 is 33.4 Å². The molecule has 0 aliphatic heterocycles. The van der Waals surface area contributed by atoms with Gasteiger partial charge < -0.3 is 5.11 Å². The van der Waals surface area contributed by atoms with Gasteiger partial charge in [0.25, 0.3) is 0 Å². The van der Waals surface area contributed by atoms with Crippen LogP contribution in [0.1, 0.15) is 11.6 Å². The summed E-state index contributed by atoms with van der Waals surface area (Å²) < 4.78 is 41.0. The molecule has 1 atom stereocenters. The molecule has 0 amide bonds. The number of sulfonamides is 1. The Morgan fingerprint density at radius 2 is 1.86 bits per heavy atom. The molecule has 2 aromatic rings. The number of aliphatic hydroxyl groups excluding tert-OH is 1. The van der Waals surface area contributed by atoms with Crippen molar-refractivity contribution in [1.82, 2.24) is 4.72 Å². The van der Waals surface area contributed by atoms with Gasteiger partial charge in [-0.25, -0.2) is 17.5 Å². The van der Waals surface area contributed by atoms with Crippen molar-refractivity contribution < 1.29 is 17.9 Å². The minimum atomic E-state index is -4.07. The number of hydrogen-bond acceptors (Lipinski definition) is 3. The highest BCUT2D eigenvalue weighted by Gasteiger charge is 2.23. The second kappa shape index (κ2) is 6.65. The lowest BCUT2D eigenvalue weighted by Crippen LogP contribution is -2.31. The van der Waals surface area contributed by atoms with E-state index in [2.05, 4.69) is 20.7 Å². The lowest BCUT2D eigenvalue weighted by Gasteiger charge is -2.17. The number of halogens is 2. The van der Waals surface area contributed by atoms with Crippen LogP contribution in [0.4, 0.5) is 4.39 Å². The topological polar surface area (TPSA) is 66.4 Å².